The summed E-state index contributed by atoms with van der Waals surface area (Å²) in [6.07, 6.45) is -1.00. The predicted molar refractivity (Wildman–Crippen MR) is 92.3 cm³/mol. The van der Waals surface area contributed by atoms with Crippen LogP contribution in [0.15, 0.2) is 48.5 Å². The topological polar surface area (TPSA) is 88.4 Å². The maximum atomic E-state index is 12.0. The number of hydrogen-bond acceptors (Lipinski definition) is 5. The molecular weight excluding hydrogens is 344 g/mol. The Labute approximate surface area is 149 Å². The number of halogens is 1. The highest BCUT2D eigenvalue weighted by atomic mass is 35.5. The Bertz CT molecular complexity index is 799. The van der Waals surface area contributed by atoms with Crippen molar-refractivity contribution in [2.24, 2.45) is 0 Å². The summed E-state index contributed by atoms with van der Waals surface area (Å²) < 4.78 is 10.3. The second-order valence-corrected chi connectivity index (χ2v) is 5.46. The fourth-order valence-electron chi connectivity index (χ4n) is 1.88. The number of amides is 1. The molecule has 128 valence electrons. The van der Waals surface area contributed by atoms with Gasteiger partial charge < -0.3 is 14.8 Å². The summed E-state index contributed by atoms with van der Waals surface area (Å²) in [7, 11) is 0. The molecule has 1 N–H and O–H groups in total. The number of hydrogen-bond donors (Lipinski definition) is 1. The molecule has 0 saturated heterocycles. The Morgan fingerprint density at radius 2 is 1.88 bits per heavy atom. The fraction of sp³-hybridized carbons (Fsp3) is 0.167. The highest BCUT2D eigenvalue weighted by molar-refractivity contribution is 6.30. The second kappa shape index (κ2) is 8.71. The van der Waals surface area contributed by atoms with Gasteiger partial charge >= 0.3 is 5.97 Å². The standard InChI is InChI=1S/C18H15ClN2O4/c1-12(18(23)21-15-8-6-14(19)7-9-15)25-17(22)11-24-16-5-3-2-4-13(16)10-20/h2-9,12H,11H2,1H3,(H,21,23)/t12-/m1/s1. The van der Waals surface area contributed by atoms with E-state index in [1.54, 1.807) is 48.5 Å². The number of carbonyl (C=O) groups excluding carboxylic acids is 2. The number of para-hydroxylation sites is 1. The lowest BCUT2D eigenvalue weighted by Gasteiger charge is -2.14. The van der Waals surface area contributed by atoms with Gasteiger partial charge in [-0.2, -0.15) is 5.26 Å². The van der Waals surface area contributed by atoms with E-state index in [0.29, 0.717) is 16.3 Å². The van der Waals surface area contributed by atoms with Crippen LogP contribution < -0.4 is 10.1 Å². The summed E-state index contributed by atoms with van der Waals surface area (Å²) in [6, 6.07) is 15.0. The largest absolute Gasteiger partial charge is 0.481 e. The first-order valence-electron chi connectivity index (χ1n) is 7.37. The van der Waals surface area contributed by atoms with Gasteiger partial charge in [-0.05, 0) is 43.3 Å². The van der Waals surface area contributed by atoms with Crippen molar-refractivity contribution in [3.8, 4) is 11.8 Å². The van der Waals surface area contributed by atoms with E-state index in [1.807, 2.05) is 6.07 Å². The number of carbonyl (C=O) groups is 2. The van der Waals surface area contributed by atoms with Crippen molar-refractivity contribution >= 4 is 29.2 Å². The molecule has 0 bridgehead atoms. The van der Waals surface area contributed by atoms with Crippen molar-refractivity contribution in [3.63, 3.8) is 0 Å². The Morgan fingerprint density at radius 1 is 1.20 bits per heavy atom. The molecule has 25 heavy (non-hydrogen) atoms. The number of benzene rings is 2. The average Bonchev–Trinajstić information content (AvgIpc) is 2.62. The van der Waals surface area contributed by atoms with Gasteiger partial charge in [0.2, 0.25) is 0 Å². The van der Waals surface area contributed by atoms with E-state index in [2.05, 4.69) is 5.32 Å². The third-order valence-corrected chi connectivity index (χ3v) is 3.39. The van der Waals surface area contributed by atoms with Gasteiger partial charge in [0.1, 0.15) is 11.8 Å². The summed E-state index contributed by atoms with van der Waals surface area (Å²) in [5.41, 5.74) is 0.848. The molecule has 2 aromatic rings. The zero-order valence-corrected chi connectivity index (χ0v) is 14.1. The van der Waals surface area contributed by atoms with Gasteiger partial charge in [0.05, 0.1) is 5.56 Å². The van der Waals surface area contributed by atoms with Crippen LogP contribution in [0, 0.1) is 11.3 Å². The van der Waals surface area contributed by atoms with Gasteiger partial charge in [0, 0.05) is 10.7 Å². The number of anilines is 1. The predicted octanol–water partition coefficient (Wildman–Crippen LogP) is 3.16. The molecule has 1 amide bonds. The molecule has 0 aromatic heterocycles. The summed E-state index contributed by atoms with van der Waals surface area (Å²) in [5, 5.41) is 12.1. The van der Waals surface area contributed by atoms with Gasteiger partial charge in [-0.3, -0.25) is 4.79 Å². The number of nitrogens with zero attached hydrogens (tertiary/aromatic N) is 1. The van der Waals surface area contributed by atoms with Crippen LogP contribution in [0.5, 0.6) is 5.75 Å². The lowest BCUT2D eigenvalue weighted by molar-refractivity contribution is -0.155. The van der Waals surface area contributed by atoms with Gasteiger partial charge in [0.15, 0.2) is 12.7 Å². The van der Waals surface area contributed by atoms with Crippen LogP contribution in [-0.2, 0) is 14.3 Å². The molecule has 0 aliphatic heterocycles. The number of esters is 1. The molecule has 0 radical (unpaired) electrons. The molecule has 2 aromatic carbocycles. The Hall–Kier alpha value is -3.04. The monoisotopic (exact) mass is 358 g/mol. The molecule has 0 saturated carbocycles. The van der Waals surface area contributed by atoms with E-state index in [4.69, 9.17) is 26.3 Å². The zero-order chi connectivity index (χ0) is 18.2. The average molecular weight is 359 g/mol. The van der Waals surface area contributed by atoms with Crippen molar-refractivity contribution < 1.29 is 19.1 Å². The molecule has 6 nitrogen and oxygen atoms in total. The summed E-state index contributed by atoms with van der Waals surface area (Å²) in [5.74, 6) is -0.917. The lowest BCUT2D eigenvalue weighted by atomic mass is 10.2. The molecule has 1 atom stereocenters. The van der Waals surface area contributed by atoms with Crippen molar-refractivity contribution in [3.05, 3.63) is 59.1 Å². The van der Waals surface area contributed by atoms with E-state index in [1.165, 1.54) is 6.92 Å². The molecule has 0 fully saturated rings. The second-order valence-electron chi connectivity index (χ2n) is 5.02. The molecule has 7 heteroatoms. The minimum Gasteiger partial charge on any atom is -0.481 e. The minimum absolute atomic E-state index is 0.278. The highest BCUT2D eigenvalue weighted by Gasteiger charge is 2.18. The molecule has 0 aliphatic rings. The van der Waals surface area contributed by atoms with Crippen molar-refractivity contribution in [2.75, 3.05) is 11.9 Å². The summed E-state index contributed by atoms with van der Waals surface area (Å²) in [6.45, 7) is 1.05. The van der Waals surface area contributed by atoms with Crippen LogP contribution in [-0.4, -0.2) is 24.6 Å². The molecular formula is C18H15ClN2O4. The summed E-state index contributed by atoms with van der Waals surface area (Å²) in [4.78, 5) is 23.8. The number of rotatable bonds is 6. The number of nitriles is 1. The first-order chi connectivity index (χ1) is 12.0. The maximum absolute atomic E-state index is 12.0. The molecule has 0 heterocycles. The first kappa shape index (κ1) is 18.3. The van der Waals surface area contributed by atoms with E-state index in [9.17, 15) is 9.59 Å². The van der Waals surface area contributed by atoms with Crippen molar-refractivity contribution in [1.29, 1.82) is 5.26 Å². The third-order valence-electron chi connectivity index (χ3n) is 3.14. The maximum Gasteiger partial charge on any atom is 0.344 e. The fourth-order valence-corrected chi connectivity index (χ4v) is 2.01. The summed E-state index contributed by atoms with van der Waals surface area (Å²) >= 11 is 5.77. The number of nitrogens with one attached hydrogen (secondary N) is 1. The SMILES string of the molecule is C[C@@H](OC(=O)COc1ccccc1C#N)C(=O)Nc1ccc(Cl)cc1. The van der Waals surface area contributed by atoms with Crippen LogP contribution in [0.3, 0.4) is 0 Å². The van der Waals surface area contributed by atoms with Gasteiger partial charge in [-0.25, -0.2) is 4.79 Å². The number of ether oxygens (including phenoxy) is 2. The van der Waals surface area contributed by atoms with Crippen molar-refractivity contribution in [2.45, 2.75) is 13.0 Å². The van der Waals surface area contributed by atoms with E-state index >= 15 is 0 Å². The quantitative estimate of drug-likeness (QED) is 0.801. The normalized spacial score (nSPS) is 11.1. The zero-order valence-electron chi connectivity index (χ0n) is 13.4. The van der Waals surface area contributed by atoms with Crippen LogP contribution >= 0.6 is 11.6 Å². The Balaban J connectivity index is 1.84. The lowest BCUT2D eigenvalue weighted by Crippen LogP contribution is -2.31. The molecule has 0 unspecified atom stereocenters. The van der Waals surface area contributed by atoms with E-state index in [0.717, 1.165) is 0 Å². The highest BCUT2D eigenvalue weighted by Crippen LogP contribution is 2.17. The minimum atomic E-state index is -1.00. The van der Waals surface area contributed by atoms with E-state index < -0.39 is 24.6 Å². The molecule has 0 aliphatic carbocycles. The molecule has 2 rings (SSSR count). The van der Waals surface area contributed by atoms with Crippen molar-refractivity contribution in [1.82, 2.24) is 0 Å². The van der Waals surface area contributed by atoms with Crippen LogP contribution in [0.2, 0.25) is 5.02 Å². The van der Waals surface area contributed by atoms with Gasteiger partial charge in [0.25, 0.3) is 5.91 Å². The smallest absolute Gasteiger partial charge is 0.344 e. The Morgan fingerprint density at radius 3 is 2.56 bits per heavy atom. The Kier molecular flexibility index (Phi) is 6.38. The molecule has 0 spiro atoms. The van der Waals surface area contributed by atoms with Crippen LogP contribution in [0.1, 0.15) is 12.5 Å². The van der Waals surface area contributed by atoms with E-state index in [-0.39, 0.29) is 5.75 Å². The third kappa shape index (κ3) is 5.52. The first-order valence-corrected chi connectivity index (χ1v) is 7.75. The van der Waals surface area contributed by atoms with Gasteiger partial charge in [-0.1, -0.05) is 23.7 Å². The van der Waals surface area contributed by atoms with Crippen LogP contribution in [0.25, 0.3) is 0 Å². The van der Waals surface area contributed by atoms with Crippen LogP contribution in [0.4, 0.5) is 5.69 Å². The van der Waals surface area contributed by atoms with Gasteiger partial charge in [-0.15, -0.1) is 0 Å².